The molecule has 0 saturated heterocycles. The van der Waals surface area contributed by atoms with E-state index in [1.165, 1.54) is 38.5 Å². The molecule has 3 aromatic carbocycles. The Hall–Kier alpha value is -4.26. The van der Waals surface area contributed by atoms with Crippen molar-refractivity contribution in [1.29, 1.82) is 0 Å². The van der Waals surface area contributed by atoms with Gasteiger partial charge in [0.2, 0.25) is 0 Å². The van der Waals surface area contributed by atoms with Crippen LogP contribution in [0.4, 0.5) is 0 Å². The Kier molecular flexibility index (Phi) is 7.03. The van der Waals surface area contributed by atoms with Crippen LogP contribution in [0.2, 0.25) is 0 Å². The highest BCUT2D eigenvalue weighted by Gasteiger charge is 2.23. The summed E-state index contributed by atoms with van der Waals surface area (Å²) in [7, 11) is 2.89. The van der Waals surface area contributed by atoms with Gasteiger partial charge in [0, 0.05) is 29.3 Å². The van der Waals surface area contributed by atoms with Crippen molar-refractivity contribution in [2.45, 2.75) is 13.0 Å². The minimum Gasteiger partial charge on any atom is -0.507 e. The number of benzene rings is 3. The minimum absolute atomic E-state index is 0.00350. The molecule has 1 atom stereocenters. The predicted molar refractivity (Wildman–Crippen MR) is 123 cm³/mol. The molecule has 7 nitrogen and oxygen atoms in total. The van der Waals surface area contributed by atoms with Crippen LogP contribution in [0.3, 0.4) is 0 Å². The fourth-order valence-electron chi connectivity index (χ4n) is 3.49. The van der Waals surface area contributed by atoms with Crippen molar-refractivity contribution < 1.29 is 34.0 Å². The van der Waals surface area contributed by atoms with Crippen molar-refractivity contribution in [3.05, 3.63) is 83.9 Å². The number of esters is 1. The van der Waals surface area contributed by atoms with Crippen molar-refractivity contribution in [3.8, 4) is 34.1 Å². The van der Waals surface area contributed by atoms with E-state index < -0.39 is 17.9 Å². The Bertz CT molecular complexity index is 1210. The second-order valence-electron chi connectivity index (χ2n) is 7.15. The van der Waals surface area contributed by atoms with Crippen LogP contribution < -0.4 is 9.47 Å². The maximum Gasteiger partial charge on any atom is 0.330 e. The SMILES string of the molecule is C=CC(=O)OC(C)c1ccccc1-c1cc(C(=O)c2ccc(OC)cc2O)c(O)cc1OC. The summed E-state index contributed by atoms with van der Waals surface area (Å²) >= 11 is 0. The highest BCUT2D eigenvalue weighted by Crippen LogP contribution is 2.40. The van der Waals surface area contributed by atoms with E-state index in [2.05, 4.69) is 6.58 Å². The number of phenolic OH excluding ortho intramolecular Hbond substituents is 2. The van der Waals surface area contributed by atoms with Crippen LogP contribution in [0.1, 0.15) is 34.5 Å². The molecule has 0 spiro atoms. The molecule has 0 saturated carbocycles. The standard InChI is InChI=1S/C26H24O7/c1-5-25(29)33-15(2)17-8-6-7-9-18(17)20-13-21(23(28)14-24(20)32-4)26(30)19-11-10-16(31-3)12-22(19)27/h5-15,27-28H,1H2,2-4H3. The molecule has 0 fully saturated rings. The van der Waals surface area contributed by atoms with Gasteiger partial charge in [0.25, 0.3) is 0 Å². The topological polar surface area (TPSA) is 102 Å². The number of phenols is 2. The third-order valence-corrected chi connectivity index (χ3v) is 5.16. The molecular formula is C26H24O7. The molecule has 0 aliphatic rings. The molecule has 170 valence electrons. The molecule has 0 aromatic heterocycles. The lowest BCUT2D eigenvalue weighted by Gasteiger charge is -2.19. The van der Waals surface area contributed by atoms with E-state index >= 15 is 0 Å². The summed E-state index contributed by atoms with van der Waals surface area (Å²) in [5.74, 6) is -1.03. The summed E-state index contributed by atoms with van der Waals surface area (Å²) in [4.78, 5) is 24.9. The lowest BCUT2D eigenvalue weighted by molar-refractivity contribution is -0.142. The van der Waals surface area contributed by atoms with Crippen LogP contribution >= 0.6 is 0 Å². The Morgan fingerprint density at radius 3 is 2.24 bits per heavy atom. The largest absolute Gasteiger partial charge is 0.507 e. The Morgan fingerprint density at radius 1 is 0.909 bits per heavy atom. The molecule has 7 heteroatoms. The lowest BCUT2D eigenvalue weighted by Crippen LogP contribution is -2.08. The Morgan fingerprint density at radius 2 is 1.61 bits per heavy atom. The first-order chi connectivity index (χ1) is 15.8. The third-order valence-electron chi connectivity index (χ3n) is 5.16. The smallest absolute Gasteiger partial charge is 0.330 e. The molecule has 0 aliphatic carbocycles. The van der Waals surface area contributed by atoms with Gasteiger partial charge in [-0.1, -0.05) is 30.8 Å². The van der Waals surface area contributed by atoms with E-state index in [1.807, 2.05) is 0 Å². The van der Waals surface area contributed by atoms with E-state index in [4.69, 9.17) is 14.2 Å². The average molecular weight is 448 g/mol. The van der Waals surface area contributed by atoms with Gasteiger partial charge in [-0.05, 0) is 30.7 Å². The first kappa shape index (κ1) is 23.4. The van der Waals surface area contributed by atoms with E-state index in [9.17, 15) is 19.8 Å². The van der Waals surface area contributed by atoms with Gasteiger partial charge in [0.05, 0.1) is 25.3 Å². The van der Waals surface area contributed by atoms with Crippen molar-refractivity contribution in [1.82, 2.24) is 0 Å². The number of ketones is 1. The number of methoxy groups -OCH3 is 2. The summed E-state index contributed by atoms with van der Waals surface area (Å²) in [5, 5.41) is 20.9. The molecule has 0 aliphatic heterocycles. The highest BCUT2D eigenvalue weighted by molar-refractivity contribution is 6.13. The van der Waals surface area contributed by atoms with Crippen molar-refractivity contribution >= 4 is 11.8 Å². The number of ether oxygens (including phenoxy) is 3. The molecule has 3 rings (SSSR count). The summed E-state index contributed by atoms with van der Waals surface area (Å²) in [6.45, 7) is 5.13. The first-order valence-corrected chi connectivity index (χ1v) is 10.1. The van der Waals surface area contributed by atoms with Crippen LogP contribution in [0, 0.1) is 0 Å². The summed E-state index contributed by atoms with van der Waals surface area (Å²) in [6.07, 6.45) is 0.466. The van der Waals surface area contributed by atoms with E-state index in [1.54, 1.807) is 37.3 Å². The van der Waals surface area contributed by atoms with Gasteiger partial charge in [0.15, 0.2) is 5.78 Å². The van der Waals surface area contributed by atoms with Crippen LogP contribution in [-0.2, 0) is 9.53 Å². The zero-order chi connectivity index (χ0) is 24.1. The normalized spacial score (nSPS) is 11.4. The Balaban J connectivity index is 2.14. The number of hydrogen-bond donors (Lipinski definition) is 2. The van der Waals surface area contributed by atoms with Gasteiger partial charge in [0.1, 0.15) is 29.1 Å². The second-order valence-corrected chi connectivity index (χ2v) is 7.15. The number of aromatic hydroxyl groups is 2. The van der Waals surface area contributed by atoms with E-state index in [0.717, 1.165) is 6.08 Å². The fraction of sp³-hybridized carbons (Fsp3) is 0.154. The number of hydrogen-bond acceptors (Lipinski definition) is 7. The first-order valence-electron chi connectivity index (χ1n) is 10.1. The molecule has 0 bridgehead atoms. The lowest BCUT2D eigenvalue weighted by atomic mass is 9.92. The molecule has 0 radical (unpaired) electrons. The molecule has 0 heterocycles. The Labute approximate surface area is 191 Å². The van der Waals surface area contributed by atoms with Crippen molar-refractivity contribution in [2.75, 3.05) is 14.2 Å². The molecule has 3 aromatic rings. The van der Waals surface area contributed by atoms with Gasteiger partial charge in [-0.3, -0.25) is 4.79 Å². The summed E-state index contributed by atoms with van der Waals surface area (Å²) < 4.78 is 15.9. The van der Waals surface area contributed by atoms with Crippen LogP contribution in [0.5, 0.6) is 23.0 Å². The number of rotatable bonds is 8. The van der Waals surface area contributed by atoms with E-state index in [-0.39, 0.29) is 22.6 Å². The monoisotopic (exact) mass is 448 g/mol. The minimum atomic E-state index is -0.616. The quantitative estimate of drug-likeness (QED) is 0.290. The van der Waals surface area contributed by atoms with Gasteiger partial charge in [-0.25, -0.2) is 4.79 Å². The van der Waals surface area contributed by atoms with Crippen LogP contribution in [0.25, 0.3) is 11.1 Å². The van der Waals surface area contributed by atoms with Gasteiger partial charge >= 0.3 is 5.97 Å². The molecule has 1 unspecified atom stereocenters. The fourth-order valence-corrected chi connectivity index (χ4v) is 3.49. The van der Waals surface area contributed by atoms with Gasteiger partial charge in [-0.2, -0.15) is 0 Å². The number of carbonyl (C=O) groups excluding carboxylic acids is 2. The van der Waals surface area contributed by atoms with Gasteiger partial charge < -0.3 is 24.4 Å². The second kappa shape index (κ2) is 9.91. The zero-order valence-electron chi connectivity index (χ0n) is 18.5. The maximum atomic E-state index is 13.2. The van der Waals surface area contributed by atoms with Crippen LogP contribution in [0.15, 0.2) is 67.3 Å². The molecule has 33 heavy (non-hydrogen) atoms. The zero-order valence-corrected chi connectivity index (χ0v) is 18.5. The number of carbonyl (C=O) groups is 2. The summed E-state index contributed by atoms with van der Waals surface area (Å²) in [5.41, 5.74) is 1.79. The summed E-state index contributed by atoms with van der Waals surface area (Å²) in [6, 6.07) is 14.3. The maximum absolute atomic E-state index is 13.2. The van der Waals surface area contributed by atoms with E-state index in [0.29, 0.717) is 28.2 Å². The molecule has 0 amide bonds. The average Bonchev–Trinajstić information content (AvgIpc) is 2.83. The van der Waals surface area contributed by atoms with Crippen LogP contribution in [-0.4, -0.2) is 36.2 Å². The molecule has 2 N–H and O–H groups in total. The third kappa shape index (κ3) is 4.82. The van der Waals surface area contributed by atoms with Crippen molar-refractivity contribution in [2.24, 2.45) is 0 Å². The van der Waals surface area contributed by atoms with Gasteiger partial charge in [-0.15, -0.1) is 0 Å². The molecular weight excluding hydrogens is 424 g/mol. The highest BCUT2D eigenvalue weighted by atomic mass is 16.5. The van der Waals surface area contributed by atoms with Crippen molar-refractivity contribution in [3.63, 3.8) is 0 Å². The predicted octanol–water partition coefficient (Wildman–Crippen LogP) is 4.80.